The maximum atomic E-state index is 12.8. The number of carboxylic acids is 1. The van der Waals surface area contributed by atoms with Crippen LogP contribution in [-0.2, 0) is 20.8 Å². The molecule has 10 nitrogen and oxygen atoms in total. The van der Waals surface area contributed by atoms with Crippen LogP contribution in [0.3, 0.4) is 0 Å². The van der Waals surface area contributed by atoms with Crippen molar-refractivity contribution in [2.24, 2.45) is 0 Å². The SMILES string of the molecule is O=C(O)CCC(=O)[C@@](O)([C@@H](O)CO)[C@](O)(C(=O)CCc1ccccc1)[C@H](O)CO. The summed E-state index contributed by atoms with van der Waals surface area (Å²) in [5.74, 6) is -4.19. The molecule has 0 aliphatic rings. The van der Waals surface area contributed by atoms with Crippen molar-refractivity contribution in [2.45, 2.75) is 49.1 Å². The van der Waals surface area contributed by atoms with Crippen LogP contribution in [0.2, 0.25) is 0 Å². The zero-order valence-corrected chi connectivity index (χ0v) is 15.6. The largest absolute Gasteiger partial charge is 0.481 e. The number of rotatable bonds is 13. The Kier molecular flexibility index (Phi) is 9.02. The van der Waals surface area contributed by atoms with Crippen molar-refractivity contribution in [3.8, 4) is 0 Å². The molecule has 0 amide bonds. The summed E-state index contributed by atoms with van der Waals surface area (Å²) in [6.45, 7) is -2.55. The molecule has 4 atom stereocenters. The third-order valence-corrected chi connectivity index (χ3v) is 4.79. The summed E-state index contributed by atoms with van der Waals surface area (Å²) in [5.41, 5.74) is -6.19. The molecule has 0 fully saturated rings. The van der Waals surface area contributed by atoms with Crippen LogP contribution >= 0.6 is 0 Å². The van der Waals surface area contributed by atoms with Gasteiger partial charge >= 0.3 is 5.97 Å². The van der Waals surface area contributed by atoms with Crippen LogP contribution in [0.1, 0.15) is 24.8 Å². The Morgan fingerprint density at radius 1 is 0.793 bits per heavy atom. The number of aliphatic carboxylic acids is 1. The predicted molar refractivity (Wildman–Crippen MR) is 97.7 cm³/mol. The van der Waals surface area contributed by atoms with Gasteiger partial charge in [0.2, 0.25) is 0 Å². The van der Waals surface area contributed by atoms with E-state index in [-0.39, 0.29) is 6.42 Å². The van der Waals surface area contributed by atoms with E-state index < -0.39 is 73.4 Å². The molecule has 0 aromatic heterocycles. The highest BCUT2D eigenvalue weighted by Gasteiger charge is 2.65. The highest BCUT2D eigenvalue weighted by Crippen LogP contribution is 2.34. The topological polar surface area (TPSA) is 193 Å². The van der Waals surface area contributed by atoms with Gasteiger partial charge in [0.05, 0.1) is 19.6 Å². The monoisotopic (exact) mass is 414 g/mol. The number of Topliss-reactive ketones (excluding diaryl/α,β-unsaturated/α-hetero) is 2. The molecule has 0 saturated heterocycles. The van der Waals surface area contributed by atoms with Crippen molar-refractivity contribution in [3.05, 3.63) is 35.9 Å². The van der Waals surface area contributed by atoms with Crippen LogP contribution in [0, 0.1) is 0 Å². The minimum absolute atomic E-state index is 0.0365. The number of aryl methyl sites for hydroxylation is 1. The molecular formula is C19H26O10. The lowest BCUT2D eigenvalue weighted by molar-refractivity contribution is -0.235. The Morgan fingerprint density at radius 3 is 1.66 bits per heavy atom. The normalized spacial score (nSPS) is 17.6. The van der Waals surface area contributed by atoms with Gasteiger partial charge in [0.25, 0.3) is 0 Å². The van der Waals surface area contributed by atoms with Gasteiger partial charge < -0.3 is 35.7 Å². The molecule has 1 aromatic carbocycles. The Labute approximate surface area is 166 Å². The van der Waals surface area contributed by atoms with E-state index in [2.05, 4.69) is 0 Å². The maximum Gasteiger partial charge on any atom is 0.303 e. The fourth-order valence-electron chi connectivity index (χ4n) is 3.07. The molecule has 10 heteroatoms. The molecule has 0 heterocycles. The minimum atomic E-state index is -3.45. The van der Waals surface area contributed by atoms with Crippen molar-refractivity contribution in [1.82, 2.24) is 0 Å². The zero-order chi connectivity index (χ0) is 22.2. The Morgan fingerprint density at radius 2 is 1.24 bits per heavy atom. The summed E-state index contributed by atoms with van der Waals surface area (Å²) in [7, 11) is 0. The van der Waals surface area contributed by atoms with Gasteiger partial charge in [-0.3, -0.25) is 14.4 Å². The second kappa shape index (κ2) is 10.5. The standard InChI is InChI=1S/C19H26O10/c20-10-15(24)18(28,13(22)7-6-12-4-2-1-3-5-12)19(29,16(25)11-21)14(23)8-9-17(26)27/h1-5,15-16,20-21,24-25,28-29H,6-11H2,(H,26,27)/t15-,16+,18+,19-/m1/s1. The van der Waals surface area contributed by atoms with Gasteiger partial charge in [-0.25, -0.2) is 0 Å². The second-order valence-electron chi connectivity index (χ2n) is 6.66. The van der Waals surface area contributed by atoms with Crippen molar-refractivity contribution in [1.29, 1.82) is 0 Å². The summed E-state index contributed by atoms with van der Waals surface area (Å²) in [4.78, 5) is 36.1. The Balaban J connectivity index is 3.33. The average molecular weight is 414 g/mol. The number of hydrogen-bond acceptors (Lipinski definition) is 9. The lowest BCUT2D eigenvalue weighted by atomic mass is 9.68. The molecule has 0 unspecified atom stereocenters. The molecule has 0 aliphatic heterocycles. The number of aliphatic hydroxyl groups is 6. The number of carboxylic acid groups (broad SMARTS) is 1. The lowest BCUT2D eigenvalue weighted by Gasteiger charge is -2.45. The predicted octanol–water partition coefficient (Wildman–Crippen LogP) is -2.21. The first-order valence-corrected chi connectivity index (χ1v) is 8.90. The summed E-state index contributed by atoms with van der Waals surface area (Å²) in [5, 5.41) is 69.2. The van der Waals surface area contributed by atoms with Gasteiger partial charge in [-0.2, -0.15) is 0 Å². The van der Waals surface area contributed by atoms with E-state index in [0.717, 1.165) is 0 Å². The first kappa shape index (κ1) is 24.8. The molecule has 0 spiro atoms. The summed E-state index contributed by atoms with van der Waals surface area (Å²) in [6.07, 6.45) is -7.00. The molecule has 0 saturated carbocycles. The number of carbonyl (C=O) groups excluding carboxylic acids is 2. The van der Waals surface area contributed by atoms with Crippen molar-refractivity contribution < 1.29 is 50.1 Å². The van der Waals surface area contributed by atoms with E-state index in [0.29, 0.717) is 5.56 Å². The van der Waals surface area contributed by atoms with Gasteiger partial charge in [0, 0.05) is 12.8 Å². The zero-order valence-electron chi connectivity index (χ0n) is 15.6. The van der Waals surface area contributed by atoms with Crippen LogP contribution in [0.5, 0.6) is 0 Å². The molecule has 0 aliphatic carbocycles. The van der Waals surface area contributed by atoms with Gasteiger partial charge in [-0.15, -0.1) is 0 Å². The van der Waals surface area contributed by atoms with Gasteiger partial charge in [-0.1, -0.05) is 30.3 Å². The van der Waals surface area contributed by atoms with E-state index in [4.69, 9.17) is 5.11 Å². The Hall–Kier alpha value is -2.21. The number of carbonyl (C=O) groups is 3. The van der Waals surface area contributed by atoms with Crippen LogP contribution in [0.4, 0.5) is 0 Å². The first-order chi connectivity index (χ1) is 13.5. The number of hydrogen-bond donors (Lipinski definition) is 7. The van der Waals surface area contributed by atoms with Crippen LogP contribution < -0.4 is 0 Å². The summed E-state index contributed by atoms with van der Waals surface area (Å²) in [6, 6.07) is 8.45. The number of benzene rings is 1. The number of ketones is 2. The molecule has 0 radical (unpaired) electrons. The van der Waals surface area contributed by atoms with E-state index >= 15 is 0 Å². The van der Waals surface area contributed by atoms with Crippen molar-refractivity contribution >= 4 is 17.5 Å². The highest BCUT2D eigenvalue weighted by atomic mass is 16.4. The number of aliphatic hydroxyl groups excluding tert-OH is 4. The van der Waals surface area contributed by atoms with E-state index in [1.54, 1.807) is 30.3 Å². The summed E-state index contributed by atoms with van der Waals surface area (Å²) < 4.78 is 0. The van der Waals surface area contributed by atoms with Crippen LogP contribution in [0.15, 0.2) is 30.3 Å². The fourth-order valence-corrected chi connectivity index (χ4v) is 3.07. The molecule has 0 bridgehead atoms. The summed E-state index contributed by atoms with van der Waals surface area (Å²) >= 11 is 0. The third-order valence-electron chi connectivity index (χ3n) is 4.79. The molecule has 1 aromatic rings. The minimum Gasteiger partial charge on any atom is -0.481 e. The smallest absolute Gasteiger partial charge is 0.303 e. The van der Waals surface area contributed by atoms with Gasteiger partial charge in [0.1, 0.15) is 12.2 Å². The molecule has 7 N–H and O–H groups in total. The second-order valence-corrected chi connectivity index (χ2v) is 6.66. The Bertz CT molecular complexity index is 706. The molecule has 1 rings (SSSR count). The van der Waals surface area contributed by atoms with Crippen LogP contribution in [-0.4, -0.2) is 89.9 Å². The van der Waals surface area contributed by atoms with Crippen molar-refractivity contribution in [2.75, 3.05) is 13.2 Å². The van der Waals surface area contributed by atoms with Crippen LogP contribution in [0.25, 0.3) is 0 Å². The lowest BCUT2D eigenvalue weighted by Crippen LogP contribution is -2.75. The van der Waals surface area contributed by atoms with E-state index in [1.807, 2.05) is 0 Å². The first-order valence-electron chi connectivity index (χ1n) is 8.90. The van der Waals surface area contributed by atoms with E-state index in [1.165, 1.54) is 0 Å². The van der Waals surface area contributed by atoms with Gasteiger partial charge in [-0.05, 0) is 12.0 Å². The molecule has 162 valence electrons. The fraction of sp³-hybridized carbons (Fsp3) is 0.526. The third kappa shape index (κ3) is 5.24. The average Bonchev–Trinajstić information content (AvgIpc) is 2.73. The van der Waals surface area contributed by atoms with Crippen molar-refractivity contribution in [3.63, 3.8) is 0 Å². The highest BCUT2D eigenvalue weighted by molar-refractivity contribution is 6.01. The maximum absolute atomic E-state index is 12.8. The van der Waals surface area contributed by atoms with Gasteiger partial charge in [0.15, 0.2) is 22.8 Å². The van der Waals surface area contributed by atoms with E-state index in [9.17, 15) is 45.0 Å². The molecular weight excluding hydrogens is 388 g/mol. The molecule has 29 heavy (non-hydrogen) atoms. The quantitative estimate of drug-likeness (QED) is 0.186.